The number of esters is 1. The molecule has 1 aliphatic heterocycles. The molecule has 0 fully saturated rings. The number of carbonyl (C=O) groups excluding carboxylic acids is 1. The maximum absolute atomic E-state index is 12.6. The van der Waals surface area contributed by atoms with Crippen molar-refractivity contribution in [1.29, 1.82) is 5.26 Å². The number of rotatable bonds is 7. The van der Waals surface area contributed by atoms with Crippen LogP contribution in [0.15, 0.2) is 69.7 Å². The molecular weight excluding hydrogens is 494 g/mol. The molecule has 170 valence electrons. The Morgan fingerprint density at radius 1 is 1.30 bits per heavy atom. The molecule has 1 unspecified atom stereocenters. The van der Waals surface area contributed by atoms with E-state index >= 15 is 0 Å². The second kappa shape index (κ2) is 10.2. The Balaban J connectivity index is 1.88. The molecule has 10 heteroatoms. The highest BCUT2D eigenvalue weighted by atomic mass is 79.9. The van der Waals surface area contributed by atoms with E-state index in [1.54, 1.807) is 44.2 Å². The maximum atomic E-state index is 12.6. The lowest BCUT2D eigenvalue weighted by Gasteiger charge is -2.27. The number of nitriles is 1. The van der Waals surface area contributed by atoms with Gasteiger partial charge in [0.25, 0.3) is 5.69 Å². The predicted octanol–water partition coefficient (Wildman–Crippen LogP) is 4.58. The van der Waals surface area contributed by atoms with Gasteiger partial charge >= 0.3 is 5.97 Å². The lowest BCUT2D eigenvalue weighted by Crippen LogP contribution is -2.25. The summed E-state index contributed by atoms with van der Waals surface area (Å²) in [7, 11) is 0. The Bertz CT molecular complexity index is 1200. The van der Waals surface area contributed by atoms with Crippen molar-refractivity contribution in [3.8, 4) is 11.8 Å². The maximum Gasteiger partial charge on any atom is 0.338 e. The van der Waals surface area contributed by atoms with Gasteiger partial charge in [-0.25, -0.2) is 4.79 Å². The first-order valence-corrected chi connectivity index (χ1v) is 10.7. The molecule has 1 aliphatic rings. The van der Waals surface area contributed by atoms with Crippen LogP contribution in [0.4, 0.5) is 5.69 Å². The fourth-order valence-corrected chi connectivity index (χ4v) is 3.89. The zero-order valence-corrected chi connectivity index (χ0v) is 19.4. The van der Waals surface area contributed by atoms with Crippen LogP contribution in [0, 0.1) is 21.4 Å². The quantitative estimate of drug-likeness (QED) is 0.322. The minimum Gasteiger partial charge on any atom is -0.488 e. The third kappa shape index (κ3) is 5.15. The van der Waals surface area contributed by atoms with Crippen LogP contribution in [0.3, 0.4) is 0 Å². The van der Waals surface area contributed by atoms with Gasteiger partial charge in [-0.1, -0.05) is 6.07 Å². The average molecular weight is 514 g/mol. The van der Waals surface area contributed by atoms with Gasteiger partial charge < -0.3 is 19.9 Å². The van der Waals surface area contributed by atoms with E-state index in [-0.39, 0.29) is 41.7 Å². The molecule has 9 nitrogen and oxygen atoms in total. The Hall–Kier alpha value is -3.84. The van der Waals surface area contributed by atoms with E-state index in [0.29, 0.717) is 15.8 Å². The van der Waals surface area contributed by atoms with Gasteiger partial charge in [-0.3, -0.25) is 10.1 Å². The zero-order chi connectivity index (χ0) is 24.1. The van der Waals surface area contributed by atoms with Gasteiger partial charge in [0.05, 0.1) is 27.5 Å². The minimum absolute atomic E-state index is 0.00196. The second-order valence-electron chi connectivity index (χ2n) is 7.02. The average Bonchev–Trinajstić information content (AvgIpc) is 2.78. The monoisotopic (exact) mass is 513 g/mol. The van der Waals surface area contributed by atoms with E-state index in [4.69, 9.17) is 19.9 Å². The number of halogens is 1. The van der Waals surface area contributed by atoms with E-state index in [1.807, 2.05) is 6.07 Å². The minimum atomic E-state index is -0.761. The summed E-state index contributed by atoms with van der Waals surface area (Å²) in [5.74, 6) is -0.636. The Morgan fingerprint density at radius 3 is 2.58 bits per heavy atom. The van der Waals surface area contributed by atoms with E-state index in [9.17, 15) is 20.2 Å². The van der Waals surface area contributed by atoms with E-state index in [1.165, 1.54) is 12.1 Å². The Morgan fingerprint density at radius 2 is 2.00 bits per heavy atom. The van der Waals surface area contributed by atoms with Crippen molar-refractivity contribution in [3.63, 3.8) is 0 Å². The van der Waals surface area contributed by atoms with E-state index < -0.39 is 16.8 Å². The van der Waals surface area contributed by atoms with Gasteiger partial charge in [-0.2, -0.15) is 5.26 Å². The van der Waals surface area contributed by atoms with Crippen molar-refractivity contribution in [3.05, 3.63) is 91.0 Å². The van der Waals surface area contributed by atoms with Crippen molar-refractivity contribution in [2.45, 2.75) is 26.4 Å². The van der Waals surface area contributed by atoms with Gasteiger partial charge in [0.2, 0.25) is 5.88 Å². The fraction of sp³-hybridized carbons (Fsp3) is 0.217. The molecule has 33 heavy (non-hydrogen) atoms. The number of nitrogens with two attached hydrogens (primary N) is 1. The van der Waals surface area contributed by atoms with E-state index in [2.05, 4.69) is 15.9 Å². The van der Waals surface area contributed by atoms with Crippen LogP contribution < -0.4 is 10.5 Å². The molecule has 0 amide bonds. The molecule has 1 atom stereocenters. The predicted molar refractivity (Wildman–Crippen MR) is 122 cm³/mol. The largest absolute Gasteiger partial charge is 0.488 e. The normalized spacial score (nSPS) is 15.5. The molecule has 0 aromatic heterocycles. The van der Waals surface area contributed by atoms with Crippen molar-refractivity contribution >= 4 is 27.6 Å². The molecule has 2 N–H and O–H groups in total. The van der Waals surface area contributed by atoms with Crippen LogP contribution in [0.1, 0.15) is 30.9 Å². The highest BCUT2D eigenvalue weighted by Gasteiger charge is 2.36. The van der Waals surface area contributed by atoms with Crippen LogP contribution in [0.25, 0.3) is 0 Å². The van der Waals surface area contributed by atoms with Gasteiger partial charge in [-0.05, 0) is 65.2 Å². The third-order valence-electron chi connectivity index (χ3n) is 4.93. The topological polar surface area (TPSA) is 138 Å². The smallest absolute Gasteiger partial charge is 0.338 e. The summed E-state index contributed by atoms with van der Waals surface area (Å²) in [6.45, 7) is 3.64. The summed E-state index contributed by atoms with van der Waals surface area (Å²) in [6, 6.07) is 13.3. The lowest BCUT2D eigenvalue weighted by molar-refractivity contribution is -0.384. The number of allylic oxidation sites excluding steroid dienone is 2. The zero-order valence-electron chi connectivity index (χ0n) is 17.8. The first kappa shape index (κ1) is 23.8. The van der Waals surface area contributed by atoms with Crippen molar-refractivity contribution < 1.29 is 23.9 Å². The molecule has 0 saturated heterocycles. The highest BCUT2D eigenvalue weighted by Crippen LogP contribution is 2.41. The molecule has 0 aliphatic carbocycles. The van der Waals surface area contributed by atoms with Gasteiger partial charge in [0.15, 0.2) is 0 Å². The van der Waals surface area contributed by atoms with E-state index in [0.717, 1.165) is 5.56 Å². The molecule has 2 aromatic carbocycles. The molecule has 0 radical (unpaired) electrons. The summed E-state index contributed by atoms with van der Waals surface area (Å²) < 4.78 is 17.0. The number of hydrogen-bond donors (Lipinski definition) is 1. The van der Waals surface area contributed by atoms with Crippen LogP contribution in [-0.2, 0) is 20.9 Å². The lowest BCUT2D eigenvalue weighted by atomic mass is 9.83. The standard InChI is InChI=1S/C23H20BrN3O6/c1-3-31-23(28)20-13(2)33-22(26)17(11-25)21(20)15-6-9-19(18(24)10-15)32-12-14-4-7-16(8-5-14)27(29)30/h4-10,21H,3,12,26H2,1-2H3. The van der Waals surface area contributed by atoms with Gasteiger partial charge in [-0.15, -0.1) is 0 Å². The molecule has 3 rings (SSSR count). The summed E-state index contributed by atoms with van der Waals surface area (Å²) in [4.78, 5) is 22.9. The number of nitrogens with zero attached hydrogens (tertiary/aromatic N) is 2. The third-order valence-corrected chi connectivity index (χ3v) is 5.55. The van der Waals surface area contributed by atoms with Crippen LogP contribution in [0.5, 0.6) is 5.75 Å². The first-order valence-electron chi connectivity index (χ1n) is 9.87. The molecule has 2 aromatic rings. The van der Waals surface area contributed by atoms with Gasteiger partial charge in [0, 0.05) is 12.1 Å². The van der Waals surface area contributed by atoms with Crippen molar-refractivity contribution in [1.82, 2.24) is 0 Å². The molecule has 0 saturated carbocycles. The molecular formula is C23H20BrN3O6. The van der Waals surface area contributed by atoms with Crippen molar-refractivity contribution in [2.75, 3.05) is 6.61 Å². The summed E-state index contributed by atoms with van der Waals surface area (Å²) in [5, 5.41) is 20.5. The van der Waals surface area contributed by atoms with Gasteiger partial charge in [0.1, 0.15) is 29.8 Å². The SMILES string of the molecule is CCOC(=O)C1=C(C)OC(N)=C(C#N)C1c1ccc(OCc2ccc([N+](=O)[O-])cc2)c(Br)c1. The number of ether oxygens (including phenoxy) is 3. The fourth-order valence-electron chi connectivity index (χ4n) is 3.38. The van der Waals surface area contributed by atoms with Crippen LogP contribution in [0.2, 0.25) is 0 Å². The number of nitro benzene ring substituents is 1. The molecule has 0 spiro atoms. The second-order valence-corrected chi connectivity index (χ2v) is 7.87. The number of nitro groups is 1. The molecule has 1 heterocycles. The van der Waals surface area contributed by atoms with Crippen LogP contribution in [-0.4, -0.2) is 17.5 Å². The summed E-state index contributed by atoms with van der Waals surface area (Å²) in [6.07, 6.45) is 0. The highest BCUT2D eigenvalue weighted by molar-refractivity contribution is 9.10. The molecule has 0 bridgehead atoms. The van der Waals surface area contributed by atoms with Crippen LogP contribution >= 0.6 is 15.9 Å². The van der Waals surface area contributed by atoms with Crippen molar-refractivity contribution in [2.24, 2.45) is 5.73 Å². The summed E-state index contributed by atoms with van der Waals surface area (Å²) >= 11 is 3.47. The summed E-state index contributed by atoms with van der Waals surface area (Å²) in [5.41, 5.74) is 7.61. The first-order chi connectivity index (χ1) is 15.8. The Kier molecular flexibility index (Phi) is 7.35. The number of benzene rings is 2. The Labute approximate surface area is 198 Å². The number of hydrogen-bond acceptors (Lipinski definition) is 8. The number of non-ortho nitro benzene ring substituents is 1. The number of carbonyl (C=O) groups is 1.